The molecule has 0 aromatic heterocycles. The Balaban J connectivity index is 2.95. The number of rotatable bonds is 4. The lowest BCUT2D eigenvalue weighted by molar-refractivity contribution is -0.134. The quantitative estimate of drug-likeness (QED) is 0.794. The summed E-state index contributed by atoms with van der Waals surface area (Å²) >= 11 is 0. The molecule has 116 valence electrons. The van der Waals surface area contributed by atoms with E-state index in [0.29, 0.717) is 11.4 Å². The second kappa shape index (κ2) is 6.47. The summed E-state index contributed by atoms with van der Waals surface area (Å²) in [6, 6.07) is 3.58. The van der Waals surface area contributed by atoms with Gasteiger partial charge in [-0.25, -0.2) is 4.79 Å². The van der Waals surface area contributed by atoms with Crippen LogP contribution < -0.4 is 10.6 Å². The minimum atomic E-state index is -0.976. The fourth-order valence-electron chi connectivity index (χ4n) is 1.65. The molecule has 1 aromatic rings. The van der Waals surface area contributed by atoms with Crippen molar-refractivity contribution >= 4 is 23.4 Å². The van der Waals surface area contributed by atoms with E-state index < -0.39 is 17.7 Å². The van der Waals surface area contributed by atoms with Crippen LogP contribution in [0, 0.1) is 13.8 Å². The van der Waals surface area contributed by atoms with Gasteiger partial charge in [0.15, 0.2) is 0 Å². The highest BCUT2D eigenvalue weighted by Crippen LogP contribution is 2.26. The van der Waals surface area contributed by atoms with Gasteiger partial charge in [-0.3, -0.25) is 10.1 Å². The summed E-state index contributed by atoms with van der Waals surface area (Å²) in [5.41, 5.74) is 2.43. The van der Waals surface area contributed by atoms with Gasteiger partial charge in [0.2, 0.25) is 0 Å². The number of benzene rings is 1. The molecular weight excluding hydrogens is 272 g/mol. The van der Waals surface area contributed by atoms with Crippen LogP contribution in [0.1, 0.15) is 31.9 Å². The predicted molar refractivity (Wildman–Crippen MR) is 81.9 cm³/mol. The molecule has 1 rings (SSSR count). The van der Waals surface area contributed by atoms with Gasteiger partial charge in [-0.2, -0.15) is 0 Å². The maximum absolute atomic E-state index is 11.8. The minimum Gasteiger partial charge on any atom is -0.480 e. The summed E-state index contributed by atoms with van der Waals surface area (Å²) < 4.78 is 5.20. The largest absolute Gasteiger partial charge is 0.480 e. The first-order valence-corrected chi connectivity index (χ1v) is 6.65. The van der Waals surface area contributed by atoms with Gasteiger partial charge in [0.1, 0.15) is 12.1 Å². The molecule has 0 saturated heterocycles. The maximum Gasteiger partial charge on any atom is 0.412 e. The number of nitrogens with one attached hydrogen (secondary N) is 2. The van der Waals surface area contributed by atoms with Crippen molar-refractivity contribution in [1.29, 1.82) is 0 Å². The molecule has 0 atom stereocenters. The second-order valence-corrected chi connectivity index (χ2v) is 5.86. The number of ether oxygens (including phenoxy) is 1. The standard InChI is InChI=1S/C15H22N2O4/c1-9-6-11(16-8-13(18)19)12(7-10(9)2)17-14(20)21-15(3,4)5/h6-7,16H,8H2,1-5H3,(H,17,20)(H,18,19). The molecule has 0 radical (unpaired) electrons. The van der Waals surface area contributed by atoms with Gasteiger partial charge < -0.3 is 15.2 Å². The number of aliphatic carboxylic acids is 1. The van der Waals surface area contributed by atoms with Gasteiger partial charge in [-0.1, -0.05) is 0 Å². The van der Waals surface area contributed by atoms with E-state index in [-0.39, 0.29) is 6.54 Å². The van der Waals surface area contributed by atoms with Gasteiger partial charge in [0.05, 0.1) is 11.4 Å². The van der Waals surface area contributed by atoms with Crippen LogP contribution in [0.4, 0.5) is 16.2 Å². The van der Waals surface area contributed by atoms with Crippen LogP contribution in [0.15, 0.2) is 12.1 Å². The van der Waals surface area contributed by atoms with Crippen LogP contribution in [0.2, 0.25) is 0 Å². The average molecular weight is 294 g/mol. The van der Waals surface area contributed by atoms with Gasteiger partial charge in [-0.05, 0) is 57.9 Å². The summed E-state index contributed by atoms with van der Waals surface area (Å²) in [6.45, 7) is 8.92. The van der Waals surface area contributed by atoms with Crippen LogP contribution >= 0.6 is 0 Å². The van der Waals surface area contributed by atoms with Crippen molar-refractivity contribution in [2.45, 2.75) is 40.2 Å². The van der Waals surface area contributed by atoms with Crippen molar-refractivity contribution in [3.63, 3.8) is 0 Å². The fraction of sp³-hybridized carbons (Fsp3) is 0.467. The first-order chi connectivity index (χ1) is 9.58. The Morgan fingerprint density at radius 3 is 2.14 bits per heavy atom. The summed E-state index contributed by atoms with van der Waals surface area (Å²) in [4.78, 5) is 22.5. The van der Waals surface area contributed by atoms with E-state index in [2.05, 4.69) is 10.6 Å². The molecule has 0 spiro atoms. The van der Waals surface area contributed by atoms with Crippen LogP contribution in [0.3, 0.4) is 0 Å². The number of carboxylic acid groups (broad SMARTS) is 1. The molecule has 21 heavy (non-hydrogen) atoms. The zero-order chi connectivity index (χ0) is 16.2. The van der Waals surface area contributed by atoms with Gasteiger partial charge >= 0.3 is 12.1 Å². The molecular formula is C15H22N2O4. The lowest BCUT2D eigenvalue weighted by atomic mass is 10.1. The van der Waals surface area contributed by atoms with E-state index in [4.69, 9.17) is 9.84 Å². The van der Waals surface area contributed by atoms with Crippen molar-refractivity contribution in [3.8, 4) is 0 Å². The molecule has 3 N–H and O–H groups in total. The van der Waals surface area contributed by atoms with Crippen LogP contribution in [0.5, 0.6) is 0 Å². The number of hydrogen-bond donors (Lipinski definition) is 3. The molecule has 6 nitrogen and oxygen atoms in total. The average Bonchev–Trinajstić information content (AvgIpc) is 2.29. The molecule has 0 unspecified atom stereocenters. The Hall–Kier alpha value is -2.24. The zero-order valence-corrected chi connectivity index (χ0v) is 13.0. The fourth-order valence-corrected chi connectivity index (χ4v) is 1.65. The van der Waals surface area contributed by atoms with Crippen LogP contribution in [-0.4, -0.2) is 29.3 Å². The third-order valence-corrected chi connectivity index (χ3v) is 2.70. The van der Waals surface area contributed by atoms with Crippen LogP contribution in [0.25, 0.3) is 0 Å². The zero-order valence-electron chi connectivity index (χ0n) is 13.0. The van der Waals surface area contributed by atoms with Crippen molar-refractivity contribution in [1.82, 2.24) is 0 Å². The number of anilines is 2. The normalized spacial score (nSPS) is 10.9. The summed E-state index contributed by atoms with van der Waals surface area (Å²) in [5, 5.41) is 14.2. The van der Waals surface area contributed by atoms with E-state index >= 15 is 0 Å². The molecule has 0 aliphatic heterocycles. The molecule has 0 aliphatic rings. The molecule has 6 heteroatoms. The predicted octanol–water partition coefficient (Wildman–Crippen LogP) is 3.15. The Bertz CT molecular complexity index is 547. The third-order valence-electron chi connectivity index (χ3n) is 2.70. The van der Waals surface area contributed by atoms with Gasteiger partial charge in [0.25, 0.3) is 0 Å². The molecule has 0 fully saturated rings. The van der Waals surface area contributed by atoms with Gasteiger partial charge in [0, 0.05) is 0 Å². The van der Waals surface area contributed by atoms with Crippen molar-refractivity contribution in [2.24, 2.45) is 0 Å². The number of amides is 1. The smallest absolute Gasteiger partial charge is 0.412 e. The molecule has 1 amide bonds. The molecule has 0 aliphatic carbocycles. The highest BCUT2D eigenvalue weighted by molar-refractivity contribution is 5.90. The monoisotopic (exact) mass is 294 g/mol. The highest BCUT2D eigenvalue weighted by atomic mass is 16.6. The molecule has 0 saturated carbocycles. The third kappa shape index (κ3) is 5.72. The van der Waals surface area contributed by atoms with Crippen LogP contribution in [-0.2, 0) is 9.53 Å². The first kappa shape index (κ1) is 16.8. The molecule has 0 heterocycles. The van der Waals surface area contributed by atoms with E-state index in [1.165, 1.54) is 0 Å². The Morgan fingerprint density at radius 1 is 1.14 bits per heavy atom. The summed E-state index contributed by atoms with van der Waals surface area (Å²) in [5.74, 6) is -0.976. The van der Waals surface area contributed by atoms with Crippen molar-refractivity contribution < 1.29 is 19.4 Å². The van der Waals surface area contributed by atoms with Crippen molar-refractivity contribution in [3.05, 3.63) is 23.3 Å². The summed E-state index contributed by atoms with van der Waals surface area (Å²) in [7, 11) is 0. The van der Waals surface area contributed by atoms with E-state index in [0.717, 1.165) is 11.1 Å². The SMILES string of the molecule is Cc1cc(NCC(=O)O)c(NC(=O)OC(C)(C)C)cc1C. The Kier molecular flexibility index (Phi) is 5.18. The number of aryl methyl sites for hydroxylation is 2. The molecule has 1 aromatic carbocycles. The summed E-state index contributed by atoms with van der Waals surface area (Å²) in [6.07, 6.45) is -0.580. The minimum absolute atomic E-state index is 0.231. The second-order valence-electron chi connectivity index (χ2n) is 5.86. The lowest BCUT2D eigenvalue weighted by Gasteiger charge is -2.21. The van der Waals surface area contributed by atoms with Crippen molar-refractivity contribution in [2.75, 3.05) is 17.2 Å². The number of carbonyl (C=O) groups is 2. The van der Waals surface area contributed by atoms with E-state index in [1.807, 2.05) is 13.8 Å². The van der Waals surface area contributed by atoms with E-state index in [9.17, 15) is 9.59 Å². The number of carboxylic acids is 1. The highest BCUT2D eigenvalue weighted by Gasteiger charge is 2.17. The topological polar surface area (TPSA) is 87.7 Å². The first-order valence-electron chi connectivity index (χ1n) is 6.65. The van der Waals surface area contributed by atoms with Gasteiger partial charge in [-0.15, -0.1) is 0 Å². The lowest BCUT2D eigenvalue weighted by Crippen LogP contribution is -2.27. The Labute approximate surface area is 124 Å². The molecule has 0 bridgehead atoms. The number of hydrogen-bond acceptors (Lipinski definition) is 4. The Morgan fingerprint density at radius 2 is 1.67 bits per heavy atom. The maximum atomic E-state index is 11.8. The van der Waals surface area contributed by atoms with E-state index in [1.54, 1.807) is 32.9 Å². The number of carbonyl (C=O) groups excluding carboxylic acids is 1.